The molecule has 0 unspecified atom stereocenters. The van der Waals surface area contributed by atoms with Crippen LogP contribution in [0.25, 0.3) is 10.9 Å². The van der Waals surface area contributed by atoms with E-state index in [-0.39, 0.29) is 0 Å². The molecule has 3 aromatic rings. The van der Waals surface area contributed by atoms with Gasteiger partial charge in [-0.15, -0.1) is 0 Å². The smallest absolute Gasteiger partial charge is 0.150 e. The van der Waals surface area contributed by atoms with Crippen LogP contribution in [0.15, 0.2) is 54.9 Å². The fourth-order valence-electron chi connectivity index (χ4n) is 3.83. The molecule has 0 N–H and O–H groups in total. The lowest BCUT2D eigenvalue weighted by atomic mass is 9.90. The first-order valence-electron chi connectivity index (χ1n) is 9.32. The van der Waals surface area contributed by atoms with Gasteiger partial charge >= 0.3 is 0 Å². The van der Waals surface area contributed by atoms with Crippen LogP contribution < -0.4 is 4.90 Å². The van der Waals surface area contributed by atoms with E-state index in [0.717, 1.165) is 48.4 Å². The fraction of sp³-hybridized carbons (Fsp3) is 0.318. The Bertz CT molecular complexity index is 886. The van der Waals surface area contributed by atoms with E-state index in [1.54, 1.807) is 6.33 Å². The normalized spacial score (nSPS) is 15.3. The van der Waals surface area contributed by atoms with Gasteiger partial charge < -0.3 is 4.90 Å². The fourth-order valence-corrected chi connectivity index (χ4v) is 3.83. The molecule has 1 saturated heterocycles. The van der Waals surface area contributed by atoms with Gasteiger partial charge in [-0.2, -0.15) is 0 Å². The van der Waals surface area contributed by atoms with Gasteiger partial charge in [-0.1, -0.05) is 30.3 Å². The molecule has 132 valence electrons. The molecule has 1 fully saturated rings. The third-order valence-electron chi connectivity index (χ3n) is 5.37. The number of nitrogens with zero attached hydrogens (tertiary/aromatic N) is 3. The molecule has 0 radical (unpaired) electrons. The maximum absolute atomic E-state index is 11.1. The van der Waals surface area contributed by atoms with Crippen molar-refractivity contribution in [1.29, 1.82) is 0 Å². The first-order chi connectivity index (χ1) is 12.8. The number of carbonyl (C=O) groups is 1. The third-order valence-corrected chi connectivity index (χ3v) is 5.37. The number of anilines is 1. The molecule has 0 bridgehead atoms. The number of rotatable bonds is 5. The van der Waals surface area contributed by atoms with E-state index in [4.69, 9.17) is 0 Å². The van der Waals surface area contributed by atoms with E-state index < -0.39 is 0 Å². The topological polar surface area (TPSA) is 46.1 Å². The Kier molecular flexibility index (Phi) is 4.91. The summed E-state index contributed by atoms with van der Waals surface area (Å²) in [7, 11) is 0. The second kappa shape index (κ2) is 7.65. The van der Waals surface area contributed by atoms with Crippen molar-refractivity contribution < 1.29 is 4.79 Å². The van der Waals surface area contributed by atoms with Crippen LogP contribution in [0, 0.1) is 5.92 Å². The minimum absolute atomic E-state index is 0.672. The average Bonchev–Trinajstić information content (AvgIpc) is 2.72. The van der Waals surface area contributed by atoms with Crippen LogP contribution in [0.3, 0.4) is 0 Å². The summed E-state index contributed by atoms with van der Waals surface area (Å²) in [6.45, 7) is 2.02. The van der Waals surface area contributed by atoms with Crippen molar-refractivity contribution in [3.63, 3.8) is 0 Å². The number of hydrogen-bond donors (Lipinski definition) is 0. The highest BCUT2D eigenvalue weighted by Gasteiger charge is 2.21. The maximum Gasteiger partial charge on any atom is 0.150 e. The molecular formula is C22H23N3O. The molecule has 0 spiro atoms. The lowest BCUT2D eigenvalue weighted by Gasteiger charge is -2.33. The lowest BCUT2D eigenvalue weighted by molar-refractivity contribution is 0.112. The molecule has 0 saturated carbocycles. The molecule has 0 aliphatic carbocycles. The molecule has 1 aliphatic rings. The van der Waals surface area contributed by atoms with Crippen molar-refractivity contribution in [1.82, 2.24) is 9.97 Å². The molecular weight excluding hydrogens is 322 g/mol. The zero-order valence-corrected chi connectivity index (χ0v) is 14.8. The molecule has 0 amide bonds. The Balaban J connectivity index is 1.43. The second-order valence-corrected chi connectivity index (χ2v) is 7.05. The van der Waals surface area contributed by atoms with Gasteiger partial charge in [-0.3, -0.25) is 4.79 Å². The summed E-state index contributed by atoms with van der Waals surface area (Å²) in [5, 5.41) is 0.972. The van der Waals surface area contributed by atoms with Crippen LogP contribution in [-0.2, 0) is 6.42 Å². The van der Waals surface area contributed by atoms with Gasteiger partial charge in [0.2, 0.25) is 0 Å². The third kappa shape index (κ3) is 3.59. The highest BCUT2D eigenvalue weighted by molar-refractivity contribution is 5.93. The Labute approximate surface area is 153 Å². The van der Waals surface area contributed by atoms with Crippen molar-refractivity contribution in [3.8, 4) is 0 Å². The van der Waals surface area contributed by atoms with E-state index in [1.807, 2.05) is 18.2 Å². The van der Waals surface area contributed by atoms with Gasteiger partial charge in [0.15, 0.2) is 0 Å². The van der Waals surface area contributed by atoms with Crippen molar-refractivity contribution in [2.24, 2.45) is 5.92 Å². The maximum atomic E-state index is 11.1. The Morgan fingerprint density at radius 2 is 1.85 bits per heavy atom. The molecule has 1 aliphatic heterocycles. The minimum atomic E-state index is 0.672. The van der Waals surface area contributed by atoms with Gasteiger partial charge in [-0.05, 0) is 55.4 Å². The zero-order valence-electron chi connectivity index (χ0n) is 14.8. The summed E-state index contributed by atoms with van der Waals surface area (Å²) in [6.07, 6.45) is 7.28. The minimum Gasteiger partial charge on any atom is -0.356 e. The number of benzene rings is 2. The standard InChI is InChI=1S/C22H23N3O/c26-15-19-8-9-21-20(14-19)22(24-16-23-21)25-12-10-18(11-13-25)7-6-17-4-2-1-3-5-17/h1-5,8-9,14-16,18H,6-7,10-13H2. The molecule has 26 heavy (non-hydrogen) atoms. The number of fused-ring (bicyclic) bond motifs is 1. The van der Waals surface area contributed by atoms with Crippen molar-refractivity contribution in [3.05, 3.63) is 66.0 Å². The van der Waals surface area contributed by atoms with Crippen molar-refractivity contribution in [2.45, 2.75) is 25.7 Å². The van der Waals surface area contributed by atoms with Gasteiger partial charge in [0.1, 0.15) is 18.4 Å². The molecule has 1 aromatic heterocycles. The summed E-state index contributed by atoms with van der Waals surface area (Å²) in [5.74, 6) is 1.73. The summed E-state index contributed by atoms with van der Waals surface area (Å²) < 4.78 is 0. The molecule has 2 aromatic carbocycles. The SMILES string of the molecule is O=Cc1ccc2ncnc(N3CCC(CCc4ccccc4)CC3)c2c1. The van der Waals surface area contributed by atoms with Gasteiger partial charge in [0.25, 0.3) is 0 Å². The van der Waals surface area contributed by atoms with Crippen LogP contribution in [0.2, 0.25) is 0 Å². The van der Waals surface area contributed by atoms with Crippen LogP contribution >= 0.6 is 0 Å². The number of aryl methyl sites for hydroxylation is 1. The van der Waals surface area contributed by atoms with Crippen LogP contribution in [0.5, 0.6) is 0 Å². The highest BCUT2D eigenvalue weighted by atomic mass is 16.1. The molecule has 4 nitrogen and oxygen atoms in total. The van der Waals surface area contributed by atoms with E-state index in [2.05, 4.69) is 45.2 Å². The van der Waals surface area contributed by atoms with Crippen molar-refractivity contribution >= 4 is 23.0 Å². The number of piperidine rings is 1. The van der Waals surface area contributed by atoms with E-state index in [0.29, 0.717) is 5.56 Å². The van der Waals surface area contributed by atoms with Crippen molar-refractivity contribution in [2.75, 3.05) is 18.0 Å². The first-order valence-corrected chi connectivity index (χ1v) is 9.32. The molecule has 4 heteroatoms. The Morgan fingerprint density at radius 3 is 2.62 bits per heavy atom. The average molecular weight is 345 g/mol. The zero-order chi connectivity index (χ0) is 17.8. The monoisotopic (exact) mass is 345 g/mol. The number of hydrogen-bond acceptors (Lipinski definition) is 4. The summed E-state index contributed by atoms with van der Waals surface area (Å²) >= 11 is 0. The van der Waals surface area contributed by atoms with E-state index >= 15 is 0 Å². The first kappa shape index (κ1) is 16.7. The summed E-state index contributed by atoms with van der Waals surface area (Å²) in [5.41, 5.74) is 3.00. The molecule has 4 rings (SSSR count). The van der Waals surface area contributed by atoms with E-state index in [1.165, 1.54) is 24.8 Å². The molecule has 0 atom stereocenters. The van der Waals surface area contributed by atoms with Gasteiger partial charge in [0.05, 0.1) is 5.52 Å². The van der Waals surface area contributed by atoms with Gasteiger partial charge in [0, 0.05) is 24.0 Å². The Hall–Kier alpha value is -2.75. The molecule has 2 heterocycles. The lowest BCUT2D eigenvalue weighted by Crippen LogP contribution is -2.34. The second-order valence-electron chi connectivity index (χ2n) is 7.05. The summed E-state index contributed by atoms with van der Waals surface area (Å²) in [4.78, 5) is 22.3. The van der Waals surface area contributed by atoms with Gasteiger partial charge in [-0.25, -0.2) is 9.97 Å². The van der Waals surface area contributed by atoms with Crippen LogP contribution in [-0.4, -0.2) is 29.3 Å². The quantitative estimate of drug-likeness (QED) is 0.647. The van der Waals surface area contributed by atoms with Crippen LogP contribution in [0.1, 0.15) is 35.2 Å². The highest BCUT2D eigenvalue weighted by Crippen LogP contribution is 2.29. The number of carbonyl (C=O) groups excluding carboxylic acids is 1. The summed E-state index contributed by atoms with van der Waals surface area (Å²) in [6, 6.07) is 16.3. The van der Waals surface area contributed by atoms with Crippen LogP contribution in [0.4, 0.5) is 5.82 Å². The number of aromatic nitrogens is 2. The van der Waals surface area contributed by atoms with E-state index in [9.17, 15) is 4.79 Å². The largest absolute Gasteiger partial charge is 0.356 e. The predicted octanol–water partition coefficient (Wildman–Crippen LogP) is 4.29. The number of aldehydes is 1. The predicted molar refractivity (Wildman–Crippen MR) is 105 cm³/mol. The Morgan fingerprint density at radius 1 is 1.04 bits per heavy atom.